The van der Waals surface area contributed by atoms with Crippen molar-refractivity contribution in [2.75, 3.05) is 45.8 Å². The first kappa shape index (κ1) is 41.7. The van der Waals surface area contributed by atoms with Crippen molar-refractivity contribution in [3.63, 3.8) is 0 Å². The van der Waals surface area contributed by atoms with Crippen LogP contribution in [0, 0.1) is 0 Å². The Hall–Kier alpha value is -3.30. The van der Waals surface area contributed by atoms with Crippen LogP contribution < -0.4 is 22.0 Å². The van der Waals surface area contributed by atoms with Crippen LogP contribution in [0.4, 0.5) is 4.79 Å². The van der Waals surface area contributed by atoms with E-state index in [9.17, 15) is 24.4 Å². The van der Waals surface area contributed by atoms with Gasteiger partial charge in [0.1, 0.15) is 17.5 Å². The number of carbonyl (C=O) groups excluding carboxylic acids is 3. The van der Waals surface area contributed by atoms with Gasteiger partial charge in [-0.2, -0.15) is 0 Å². The molecular weight excluding hydrogens is 606 g/mol. The summed E-state index contributed by atoms with van der Waals surface area (Å²) in [7, 11) is -2.95. The predicted octanol–water partition coefficient (Wildman–Crippen LogP) is -0.135. The molecule has 0 unspecified atom stereocenters. The summed E-state index contributed by atoms with van der Waals surface area (Å²) in [4.78, 5) is 37.3. The van der Waals surface area contributed by atoms with E-state index in [4.69, 9.17) is 25.3 Å². The summed E-state index contributed by atoms with van der Waals surface area (Å²) < 4.78 is 10.5. The van der Waals surface area contributed by atoms with Crippen LogP contribution in [-0.2, 0) is 20.8 Å². The highest BCUT2D eigenvalue weighted by Gasteiger charge is 2.26. The number of amides is 1. The summed E-state index contributed by atoms with van der Waals surface area (Å²) in [5.41, 5.74) is 6.71. The Kier molecular flexibility index (Phi) is 18.5. The fraction of sp³-hybridized carbons (Fsp3) is 0.531. The van der Waals surface area contributed by atoms with Gasteiger partial charge in [-0.25, -0.2) is 4.79 Å². The Morgan fingerprint density at radius 1 is 0.851 bits per heavy atom. The molecule has 1 heterocycles. The molecule has 2 aromatic rings. The van der Waals surface area contributed by atoms with Crippen molar-refractivity contribution >= 4 is 43.5 Å². The second-order valence-corrected chi connectivity index (χ2v) is 12.9. The molecule has 3 rings (SSSR count). The molecule has 13 nitrogen and oxygen atoms in total. The van der Waals surface area contributed by atoms with Crippen LogP contribution in [0.2, 0.25) is 0 Å². The van der Waals surface area contributed by atoms with Crippen molar-refractivity contribution in [2.24, 2.45) is 5.73 Å². The number of esters is 1. The van der Waals surface area contributed by atoms with Gasteiger partial charge in [-0.1, -0.05) is 48.5 Å². The summed E-state index contributed by atoms with van der Waals surface area (Å²) in [6.45, 7) is 16.7. The molecule has 7 N–H and O–H groups in total. The van der Waals surface area contributed by atoms with Gasteiger partial charge in [0.15, 0.2) is 0 Å². The van der Waals surface area contributed by atoms with E-state index in [1.165, 1.54) is 12.1 Å². The quantitative estimate of drug-likeness (QED) is 0.0858. The third kappa shape index (κ3) is 19.2. The number of hydrogen-bond donors (Lipinski definition) is 6. The Morgan fingerprint density at radius 3 is 1.91 bits per heavy atom. The number of rotatable bonds is 10. The molecule has 0 aromatic heterocycles. The second-order valence-electron chi connectivity index (χ2n) is 12.9. The molecular formula is C32H52B2N4O9. The molecule has 0 saturated carbocycles. The molecule has 0 radical (unpaired) electrons. The van der Waals surface area contributed by atoms with Gasteiger partial charge in [0.05, 0.1) is 6.42 Å². The van der Waals surface area contributed by atoms with Crippen LogP contribution in [0.15, 0.2) is 48.5 Å². The fourth-order valence-electron chi connectivity index (χ4n) is 4.13. The second kappa shape index (κ2) is 20.8. The zero-order valence-corrected chi connectivity index (χ0v) is 28.5. The summed E-state index contributed by atoms with van der Waals surface area (Å²) in [5.74, 6) is -0.169. The van der Waals surface area contributed by atoms with E-state index in [1.807, 2.05) is 53.7 Å². The number of aldehydes is 1. The molecule has 260 valence electrons. The highest BCUT2D eigenvalue weighted by atomic mass is 16.6. The van der Waals surface area contributed by atoms with Crippen LogP contribution in [0.25, 0.3) is 0 Å². The smallest absolute Gasteiger partial charge is 0.460 e. The predicted molar refractivity (Wildman–Crippen MR) is 183 cm³/mol. The lowest BCUT2D eigenvalue weighted by molar-refractivity contribution is -0.154. The van der Waals surface area contributed by atoms with E-state index in [0.29, 0.717) is 55.4 Å². The van der Waals surface area contributed by atoms with Gasteiger partial charge in [-0.3, -0.25) is 14.5 Å². The average Bonchev–Trinajstić information content (AvgIpc) is 2.99. The van der Waals surface area contributed by atoms with Gasteiger partial charge < -0.3 is 45.5 Å². The van der Waals surface area contributed by atoms with Crippen LogP contribution >= 0.6 is 0 Å². The lowest BCUT2D eigenvalue weighted by Gasteiger charge is -2.35. The maximum atomic E-state index is 12.0. The Balaban J connectivity index is 0.000000390. The fourth-order valence-corrected chi connectivity index (χ4v) is 4.13. The third-order valence-corrected chi connectivity index (χ3v) is 6.27. The normalized spacial score (nSPS) is 13.3. The standard InChI is InChI=1S/C16H25BN2O4.C9H20N2O2.C7H7BO3/c1-16(2,3)23-15(20)19-9-7-18(8-10-19)12-13-5-4-6-14(11-13)17(21)22;1-9(2,3)13-8(12)4-6-11-7-5-10;9-5-6-2-1-3-7(4-6)8(10)11/h4-6,11,21-22H,7-10,12H2,1-3H3;11H,4-7,10H2,1-3H3;1-5,10-11H. The average molecular weight is 658 g/mol. The van der Waals surface area contributed by atoms with E-state index in [2.05, 4.69) is 10.2 Å². The minimum atomic E-state index is -1.50. The van der Waals surface area contributed by atoms with E-state index >= 15 is 0 Å². The first-order chi connectivity index (χ1) is 21.9. The van der Waals surface area contributed by atoms with Gasteiger partial charge in [-0.05, 0) is 58.0 Å². The van der Waals surface area contributed by atoms with Crippen LogP contribution in [0.5, 0.6) is 0 Å². The number of nitrogens with zero attached hydrogens (tertiary/aromatic N) is 2. The number of piperazine rings is 1. The summed E-state index contributed by atoms with van der Waals surface area (Å²) in [6.07, 6.45) is 0.797. The van der Waals surface area contributed by atoms with E-state index < -0.39 is 19.8 Å². The van der Waals surface area contributed by atoms with E-state index in [1.54, 1.807) is 29.2 Å². The molecule has 1 fully saturated rings. The van der Waals surface area contributed by atoms with Crippen molar-refractivity contribution in [2.45, 2.75) is 65.7 Å². The topological polar surface area (TPSA) is 195 Å². The molecule has 0 atom stereocenters. The minimum Gasteiger partial charge on any atom is -0.460 e. The van der Waals surface area contributed by atoms with Crippen molar-refractivity contribution in [1.29, 1.82) is 0 Å². The summed E-state index contributed by atoms with van der Waals surface area (Å²) in [5, 5.41) is 38.8. The molecule has 1 saturated heterocycles. The van der Waals surface area contributed by atoms with Gasteiger partial charge in [0, 0.05) is 57.9 Å². The minimum absolute atomic E-state index is 0.169. The van der Waals surface area contributed by atoms with Crippen LogP contribution in [0.3, 0.4) is 0 Å². The zero-order valence-electron chi connectivity index (χ0n) is 28.5. The lowest BCUT2D eigenvalue weighted by atomic mass is 9.79. The molecule has 2 aromatic carbocycles. The number of benzene rings is 2. The van der Waals surface area contributed by atoms with E-state index in [-0.39, 0.29) is 17.7 Å². The lowest BCUT2D eigenvalue weighted by Crippen LogP contribution is -2.49. The van der Waals surface area contributed by atoms with Gasteiger partial charge in [0.25, 0.3) is 0 Å². The zero-order chi connectivity index (χ0) is 35.6. The molecule has 47 heavy (non-hydrogen) atoms. The van der Waals surface area contributed by atoms with Crippen molar-refractivity contribution in [1.82, 2.24) is 15.1 Å². The molecule has 1 aliphatic heterocycles. The molecule has 0 aliphatic carbocycles. The number of nitrogens with one attached hydrogen (secondary N) is 1. The third-order valence-electron chi connectivity index (χ3n) is 6.27. The summed E-state index contributed by atoms with van der Waals surface area (Å²) >= 11 is 0. The van der Waals surface area contributed by atoms with Crippen molar-refractivity contribution in [3.8, 4) is 0 Å². The van der Waals surface area contributed by atoms with Gasteiger partial charge >= 0.3 is 26.3 Å². The monoisotopic (exact) mass is 658 g/mol. The highest BCUT2D eigenvalue weighted by Crippen LogP contribution is 2.13. The molecule has 0 spiro atoms. The van der Waals surface area contributed by atoms with Crippen LogP contribution in [0.1, 0.15) is 63.9 Å². The van der Waals surface area contributed by atoms with Crippen LogP contribution in [-0.4, -0.2) is 119 Å². The molecule has 1 aliphatic rings. The maximum absolute atomic E-state index is 12.0. The largest absolute Gasteiger partial charge is 0.488 e. The van der Waals surface area contributed by atoms with E-state index in [0.717, 1.165) is 31.7 Å². The summed E-state index contributed by atoms with van der Waals surface area (Å²) in [6, 6.07) is 13.4. The molecule has 1 amide bonds. The SMILES string of the molecule is CC(C)(C)OC(=O)CCNCCN.CC(C)(C)OC(=O)N1CCN(Cc2cccc(B(O)O)c2)CC1.O=Cc1cccc(B(O)O)c1. The van der Waals surface area contributed by atoms with Crippen molar-refractivity contribution < 1.29 is 44.0 Å². The number of nitrogens with two attached hydrogens (primary N) is 1. The van der Waals surface area contributed by atoms with Gasteiger partial charge in [0.2, 0.25) is 0 Å². The number of hydrogen-bond acceptors (Lipinski definition) is 12. The Morgan fingerprint density at radius 2 is 1.40 bits per heavy atom. The van der Waals surface area contributed by atoms with Crippen molar-refractivity contribution in [3.05, 3.63) is 59.7 Å². The first-order valence-electron chi connectivity index (χ1n) is 15.6. The molecule has 0 bridgehead atoms. The van der Waals surface area contributed by atoms with Gasteiger partial charge in [-0.15, -0.1) is 0 Å². The number of ether oxygens (including phenoxy) is 2. The molecule has 15 heteroatoms. The Labute approximate surface area is 279 Å². The maximum Gasteiger partial charge on any atom is 0.488 e. The Bertz CT molecular complexity index is 1230. The number of carbonyl (C=O) groups is 3. The highest BCUT2D eigenvalue weighted by molar-refractivity contribution is 6.59. The first-order valence-corrected chi connectivity index (χ1v) is 15.6.